The number of anilines is 1. The van der Waals surface area contributed by atoms with Gasteiger partial charge in [0.2, 0.25) is 17.5 Å². The van der Waals surface area contributed by atoms with Crippen molar-refractivity contribution in [2.24, 2.45) is 0 Å². The number of aromatic nitrogens is 1. The SMILES string of the molecule is N#Cc1nc(/C=C/c2ccc(F)cc2)oc1N1CCN(C(=O)c2ccccc2)CC1. The Morgan fingerprint density at radius 1 is 1.03 bits per heavy atom. The predicted octanol–water partition coefficient (Wildman–Crippen LogP) is 3.82. The van der Waals surface area contributed by atoms with Crippen LogP contribution in [0.4, 0.5) is 10.3 Å². The lowest BCUT2D eigenvalue weighted by Gasteiger charge is -2.34. The lowest BCUT2D eigenvalue weighted by atomic mass is 10.2. The van der Waals surface area contributed by atoms with E-state index >= 15 is 0 Å². The number of halogens is 1. The van der Waals surface area contributed by atoms with Crippen LogP contribution in [0.25, 0.3) is 12.2 Å². The molecule has 6 nitrogen and oxygen atoms in total. The highest BCUT2D eigenvalue weighted by Gasteiger charge is 2.26. The van der Waals surface area contributed by atoms with Crippen molar-refractivity contribution in [3.05, 3.63) is 83.1 Å². The van der Waals surface area contributed by atoms with Crippen LogP contribution in [0.3, 0.4) is 0 Å². The molecule has 7 heteroatoms. The average molecular weight is 402 g/mol. The highest BCUT2D eigenvalue weighted by atomic mass is 19.1. The number of benzene rings is 2. The number of hydrogen-bond donors (Lipinski definition) is 0. The van der Waals surface area contributed by atoms with E-state index in [0.717, 1.165) is 5.56 Å². The number of nitriles is 1. The van der Waals surface area contributed by atoms with Gasteiger partial charge in [0.25, 0.3) is 5.91 Å². The van der Waals surface area contributed by atoms with Gasteiger partial charge in [0.15, 0.2) is 0 Å². The summed E-state index contributed by atoms with van der Waals surface area (Å²) in [6, 6.07) is 17.3. The fourth-order valence-corrected chi connectivity index (χ4v) is 3.30. The molecule has 1 amide bonds. The first-order valence-electron chi connectivity index (χ1n) is 9.58. The summed E-state index contributed by atoms with van der Waals surface area (Å²) >= 11 is 0. The van der Waals surface area contributed by atoms with E-state index < -0.39 is 0 Å². The molecular weight excluding hydrogens is 383 g/mol. The van der Waals surface area contributed by atoms with Gasteiger partial charge < -0.3 is 14.2 Å². The Hall–Kier alpha value is -3.92. The summed E-state index contributed by atoms with van der Waals surface area (Å²) in [7, 11) is 0. The van der Waals surface area contributed by atoms with Gasteiger partial charge in [-0.1, -0.05) is 30.3 Å². The summed E-state index contributed by atoms with van der Waals surface area (Å²) in [5, 5.41) is 9.44. The van der Waals surface area contributed by atoms with Crippen LogP contribution >= 0.6 is 0 Å². The predicted molar refractivity (Wildman–Crippen MR) is 111 cm³/mol. The van der Waals surface area contributed by atoms with Crippen molar-refractivity contribution in [3.8, 4) is 6.07 Å². The van der Waals surface area contributed by atoms with Crippen LogP contribution in [0.5, 0.6) is 0 Å². The first-order chi connectivity index (χ1) is 14.6. The third-order valence-electron chi connectivity index (χ3n) is 4.89. The molecule has 4 rings (SSSR count). The molecule has 0 saturated carbocycles. The molecule has 1 aliphatic heterocycles. The van der Waals surface area contributed by atoms with Gasteiger partial charge in [-0.25, -0.2) is 4.39 Å². The van der Waals surface area contributed by atoms with Crippen LogP contribution in [0, 0.1) is 17.1 Å². The standard InChI is InChI=1S/C23H19FN4O2/c24-19-9-6-17(7-10-19)8-11-21-26-20(16-25)23(30-21)28-14-12-27(13-15-28)22(29)18-4-2-1-3-5-18/h1-11H,12-15H2/b11-8+. The number of piperazine rings is 1. The molecule has 1 saturated heterocycles. The van der Waals surface area contributed by atoms with Gasteiger partial charge in [-0.15, -0.1) is 0 Å². The highest BCUT2D eigenvalue weighted by molar-refractivity contribution is 5.94. The second kappa shape index (κ2) is 8.62. The molecule has 1 aromatic heterocycles. The maximum atomic E-state index is 13.0. The molecule has 0 atom stereocenters. The van der Waals surface area contributed by atoms with Crippen molar-refractivity contribution >= 4 is 23.9 Å². The van der Waals surface area contributed by atoms with E-state index in [1.807, 2.05) is 23.1 Å². The van der Waals surface area contributed by atoms with Crippen molar-refractivity contribution in [1.29, 1.82) is 5.26 Å². The van der Waals surface area contributed by atoms with Crippen LogP contribution in [0.15, 0.2) is 59.0 Å². The van der Waals surface area contributed by atoms with Gasteiger partial charge >= 0.3 is 0 Å². The quantitative estimate of drug-likeness (QED) is 0.663. The van der Waals surface area contributed by atoms with E-state index in [0.29, 0.717) is 43.5 Å². The molecule has 3 aromatic rings. The molecule has 0 aliphatic carbocycles. The number of rotatable bonds is 4. The molecule has 0 bridgehead atoms. The minimum absolute atomic E-state index is 0.00348. The lowest BCUT2D eigenvalue weighted by Crippen LogP contribution is -2.48. The van der Waals surface area contributed by atoms with Crippen LogP contribution in [0.1, 0.15) is 27.5 Å². The summed E-state index contributed by atoms with van der Waals surface area (Å²) in [6.07, 6.45) is 3.39. The third kappa shape index (κ3) is 4.23. The topological polar surface area (TPSA) is 73.4 Å². The molecule has 1 fully saturated rings. The van der Waals surface area contributed by atoms with Crippen LogP contribution in [-0.4, -0.2) is 42.0 Å². The molecule has 30 heavy (non-hydrogen) atoms. The summed E-state index contributed by atoms with van der Waals surface area (Å²) in [6.45, 7) is 2.15. The average Bonchev–Trinajstić information content (AvgIpc) is 3.22. The molecule has 2 heterocycles. The van der Waals surface area contributed by atoms with Crippen LogP contribution in [-0.2, 0) is 0 Å². The minimum atomic E-state index is -0.304. The van der Waals surface area contributed by atoms with Crippen molar-refractivity contribution in [1.82, 2.24) is 9.88 Å². The zero-order chi connectivity index (χ0) is 20.9. The molecule has 150 valence electrons. The number of nitrogens with zero attached hydrogens (tertiary/aromatic N) is 4. The third-order valence-corrected chi connectivity index (χ3v) is 4.89. The Morgan fingerprint density at radius 3 is 2.40 bits per heavy atom. The number of carbonyl (C=O) groups is 1. The Morgan fingerprint density at radius 2 is 1.73 bits per heavy atom. The zero-order valence-electron chi connectivity index (χ0n) is 16.2. The second-order valence-electron chi connectivity index (χ2n) is 6.85. The van der Waals surface area contributed by atoms with E-state index in [1.165, 1.54) is 12.1 Å². The smallest absolute Gasteiger partial charge is 0.253 e. The number of amides is 1. The Labute approximate surface area is 173 Å². The van der Waals surface area contributed by atoms with Crippen molar-refractivity contribution in [2.75, 3.05) is 31.1 Å². The number of hydrogen-bond acceptors (Lipinski definition) is 5. The van der Waals surface area contributed by atoms with Crippen LogP contribution < -0.4 is 4.90 Å². The number of oxazole rings is 1. The molecule has 0 spiro atoms. The largest absolute Gasteiger partial charge is 0.420 e. The summed E-state index contributed by atoms with van der Waals surface area (Å²) in [4.78, 5) is 20.5. The number of carbonyl (C=O) groups excluding carboxylic acids is 1. The molecular formula is C23H19FN4O2. The van der Waals surface area contributed by atoms with Crippen molar-refractivity contribution < 1.29 is 13.6 Å². The summed E-state index contributed by atoms with van der Waals surface area (Å²) in [5.74, 6) is 0.398. The molecule has 0 radical (unpaired) electrons. The molecule has 1 aliphatic rings. The van der Waals surface area contributed by atoms with Gasteiger partial charge in [0.1, 0.15) is 11.9 Å². The highest BCUT2D eigenvalue weighted by Crippen LogP contribution is 2.24. The van der Waals surface area contributed by atoms with E-state index in [9.17, 15) is 14.4 Å². The first-order valence-corrected chi connectivity index (χ1v) is 9.58. The monoisotopic (exact) mass is 402 g/mol. The van der Waals surface area contributed by atoms with Crippen molar-refractivity contribution in [2.45, 2.75) is 0 Å². The van der Waals surface area contributed by atoms with Gasteiger partial charge in [-0.05, 0) is 35.9 Å². The van der Waals surface area contributed by atoms with E-state index in [-0.39, 0.29) is 17.4 Å². The van der Waals surface area contributed by atoms with E-state index in [2.05, 4.69) is 11.1 Å². The minimum Gasteiger partial charge on any atom is -0.420 e. The second-order valence-corrected chi connectivity index (χ2v) is 6.85. The maximum absolute atomic E-state index is 13.0. The zero-order valence-corrected chi connectivity index (χ0v) is 16.2. The van der Waals surface area contributed by atoms with Gasteiger partial charge in [-0.2, -0.15) is 10.2 Å². The van der Waals surface area contributed by atoms with Gasteiger partial charge in [0, 0.05) is 37.8 Å². The summed E-state index contributed by atoms with van der Waals surface area (Å²) < 4.78 is 18.8. The van der Waals surface area contributed by atoms with Gasteiger partial charge in [0.05, 0.1) is 0 Å². The van der Waals surface area contributed by atoms with Gasteiger partial charge in [-0.3, -0.25) is 4.79 Å². The molecule has 0 N–H and O–H groups in total. The van der Waals surface area contributed by atoms with E-state index in [4.69, 9.17) is 4.42 Å². The fourth-order valence-electron chi connectivity index (χ4n) is 3.30. The van der Waals surface area contributed by atoms with E-state index in [1.54, 1.807) is 41.3 Å². The maximum Gasteiger partial charge on any atom is 0.253 e. The van der Waals surface area contributed by atoms with Crippen LogP contribution in [0.2, 0.25) is 0 Å². The molecule has 2 aromatic carbocycles. The summed E-state index contributed by atoms with van der Waals surface area (Å²) in [5.41, 5.74) is 1.66. The fraction of sp³-hybridized carbons (Fsp3) is 0.174. The first kappa shape index (κ1) is 19.4. The normalized spacial score (nSPS) is 14.1. The molecule has 0 unspecified atom stereocenters. The Balaban J connectivity index is 1.44. The Kier molecular flexibility index (Phi) is 5.57. The lowest BCUT2D eigenvalue weighted by molar-refractivity contribution is 0.0745. The van der Waals surface area contributed by atoms with Crippen molar-refractivity contribution in [3.63, 3.8) is 0 Å². The Bertz CT molecular complexity index is 1090.